The van der Waals surface area contributed by atoms with E-state index >= 15 is 0 Å². The number of piperazine rings is 1. The molecule has 2 aliphatic rings. The summed E-state index contributed by atoms with van der Waals surface area (Å²) < 4.78 is 0. The summed E-state index contributed by atoms with van der Waals surface area (Å²) in [6, 6.07) is 8.78. The summed E-state index contributed by atoms with van der Waals surface area (Å²) in [7, 11) is 0. The fourth-order valence-electron chi connectivity index (χ4n) is 4.11. The van der Waals surface area contributed by atoms with E-state index in [-0.39, 0.29) is 5.91 Å². The second-order valence-corrected chi connectivity index (χ2v) is 7.85. The van der Waals surface area contributed by atoms with E-state index in [0.717, 1.165) is 62.4 Å². The highest BCUT2D eigenvalue weighted by molar-refractivity contribution is 6.04. The standard InChI is InChI=1S/C21H29N5O/c1-15(2)25-11-13-26(14-12-25)17-9-7-16(8-10-17)22-21(27)20-18-5-3-4-6-19(18)23-24-20/h7-10,15H,3-6,11-14H2,1-2H3,(H,22,27)(H,23,24). The molecule has 1 aromatic heterocycles. The van der Waals surface area contributed by atoms with E-state index in [2.05, 4.69) is 51.3 Å². The zero-order chi connectivity index (χ0) is 18.8. The zero-order valence-corrected chi connectivity index (χ0v) is 16.3. The number of carbonyl (C=O) groups excluding carboxylic acids is 1. The van der Waals surface area contributed by atoms with Crippen molar-refractivity contribution < 1.29 is 4.79 Å². The van der Waals surface area contributed by atoms with Gasteiger partial charge in [0.05, 0.1) is 0 Å². The summed E-state index contributed by atoms with van der Waals surface area (Å²) in [5, 5.41) is 10.3. The number of nitrogens with zero attached hydrogens (tertiary/aromatic N) is 3. The van der Waals surface area contributed by atoms with Gasteiger partial charge in [-0.3, -0.25) is 14.8 Å². The van der Waals surface area contributed by atoms with Crippen LogP contribution in [0.1, 0.15) is 48.4 Å². The van der Waals surface area contributed by atoms with E-state index in [4.69, 9.17) is 0 Å². The number of hydrogen-bond acceptors (Lipinski definition) is 4. The van der Waals surface area contributed by atoms with Crippen molar-refractivity contribution in [3.8, 4) is 0 Å². The smallest absolute Gasteiger partial charge is 0.276 e. The molecule has 1 fully saturated rings. The van der Waals surface area contributed by atoms with Crippen LogP contribution in [0.5, 0.6) is 0 Å². The number of amides is 1. The Hall–Kier alpha value is -2.34. The topological polar surface area (TPSA) is 64.3 Å². The number of H-pyrrole nitrogens is 1. The lowest BCUT2D eigenvalue weighted by Gasteiger charge is -2.38. The Kier molecular flexibility index (Phi) is 5.16. The van der Waals surface area contributed by atoms with Crippen LogP contribution in [0.3, 0.4) is 0 Å². The van der Waals surface area contributed by atoms with Crippen molar-refractivity contribution in [1.29, 1.82) is 0 Å². The predicted octanol–water partition coefficient (Wildman–Crippen LogP) is 3.07. The van der Waals surface area contributed by atoms with Crippen molar-refractivity contribution in [2.24, 2.45) is 0 Å². The van der Waals surface area contributed by atoms with Crippen LogP contribution in [-0.4, -0.2) is 53.2 Å². The predicted molar refractivity (Wildman–Crippen MR) is 109 cm³/mol. The van der Waals surface area contributed by atoms with Crippen LogP contribution in [0.4, 0.5) is 11.4 Å². The van der Waals surface area contributed by atoms with Gasteiger partial charge in [0.2, 0.25) is 0 Å². The molecular weight excluding hydrogens is 338 g/mol. The van der Waals surface area contributed by atoms with Gasteiger partial charge in [0, 0.05) is 54.9 Å². The van der Waals surface area contributed by atoms with Gasteiger partial charge in [-0.1, -0.05) is 0 Å². The first-order valence-electron chi connectivity index (χ1n) is 10.1. The minimum atomic E-state index is -0.118. The molecule has 1 amide bonds. The minimum Gasteiger partial charge on any atom is -0.369 e. The van der Waals surface area contributed by atoms with Crippen molar-refractivity contribution >= 4 is 17.3 Å². The van der Waals surface area contributed by atoms with Gasteiger partial charge in [-0.2, -0.15) is 5.10 Å². The molecule has 1 aromatic carbocycles. The monoisotopic (exact) mass is 367 g/mol. The van der Waals surface area contributed by atoms with Gasteiger partial charge in [0.1, 0.15) is 0 Å². The molecule has 27 heavy (non-hydrogen) atoms. The lowest BCUT2D eigenvalue weighted by molar-refractivity contribution is 0.102. The average molecular weight is 367 g/mol. The molecule has 0 radical (unpaired) electrons. The van der Waals surface area contributed by atoms with Gasteiger partial charge in [-0.15, -0.1) is 0 Å². The highest BCUT2D eigenvalue weighted by Crippen LogP contribution is 2.24. The number of carbonyl (C=O) groups is 1. The molecule has 4 rings (SSSR count). The molecule has 0 unspecified atom stereocenters. The van der Waals surface area contributed by atoms with Gasteiger partial charge < -0.3 is 10.2 Å². The number of aryl methyl sites for hydroxylation is 1. The van der Waals surface area contributed by atoms with E-state index < -0.39 is 0 Å². The molecule has 144 valence electrons. The third-order valence-electron chi connectivity index (χ3n) is 5.81. The van der Waals surface area contributed by atoms with Crippen LogP contribution < -0.4 is 10.2 Å². The van der Waals surface area contributed by atoms with Gasteiger partial charge in [0.15, 0.2) is 5.69 Å². The van der Waals surface area contributed by atoms with Gasteiger partial charge in [-0.25, -0.2) is 0 Å². The first kappa shape index (κ1) is 18.0. The summed E-state index contributed by atoms with van der Waals surface area (Å²) in [4.78, 5) is 17.5. The minimum absolute atomic E-state index is 0.118. The summed E-state index contributed by atoms with van der Waals surface area (Å²) in [5.41, 5.74) is 4.81. The molecular formula is C21H29N5O. The van der Waals surface area contributed by atoms with Crippen molar-refractivity contribution in [2.45, 2.75) is 45.6 Å². The number of hydrogen-bond donors (Lipinski definition) is 2. The Morgan fingerprint density at radius 1 is 1.07 bits per heavy atom. The third kappa shape index (κ3) is 3.86. The first-order valence-corrected chi connectivity index (χ1v) is 10.1. The SMILES string of the molecule is CC(C)N1CCN(c2ccc(NC(=O)c3n[nH]c4c3CCCC4)cc2)CC1. The highest BCUT2D eigenvalue weighted by Gasteiger charge is 2.22. The van der Waals surface area contributed by atoms with Crippen molar-refractivity contribution in [3.05, 3.63) is 41.2 Å². The fourth-order valence-corrected chi connectivity index (χ4v) is 4.11. The Morgan fingerprint density at radius 3 is 2.48 bits per heavy atom. The lowest BCUT2D eigenvalue weighted by atomic mass is 9.96. The number of fused-ring (bicyclic) bond motifs is 1. The van der Waals surface area contributed by atoms with Crippen molar-refractivity contribution in [1.82, 2.24) is 15.1 Å². The van der Waals surface area contributed by atoms with Crippen LogP contribution in [0.15, 0.2) is 24.3 Å². The van der Waals surface area contributed by atoms with E-state index in [9.17, 15) is 4.79 Å². The van der Waals surface area contributed by atoms with Crippen LogP contribution in [0.25, 0.3) is 0 Å². The number of anilines is 2. The lowest BCUT2D eigenvalue weighted by Crippen LogP contribution is -2.48. The molecule has 0 atom stereocenters. The molecule has 0 saturated carbocycles. The molecule has 1 saturated heterocycles. The Bertz CT molecular complexity index is 787. The Labute approximate surface area is 160 Å². The maximum atomic E-state index is 12.6. The average Bonchev–Trinajstić information content (AvgIpc) is 3.13. The Balaban J connectivity index is 1.38. The fraction of sp³-hybridized carbons (Fsp3) is 0.524. The second kappa shape index (κ2) is 7.72. The molecule has 0 bridgehead atoms. The second-order valence-electron chi connectivity index (χ2n) is 7.85. The Morgan fingerprint density at radius 2 is 1.78 bits per heavy atom. The third-order valence-corrected chi connectivity index (χ3v) is 5.81. The van der Waals surface area contributed by atoms with Gasteiger partial charge in [-0.05, 0) is 63.8 Å². The molecule has 2 heterocycles. The molecule has 2 aromatic rings. The van der Waals surface area contributed by atoms with Crippen LogP contribution >= 0.6 is 0 Å². The van der Waals surface area contributed by atoms with E-state index in [1.165, 1.54) is 12.1 Å². The van der Waals surface area contributed by atoms with Crippen LogP contribution in [0, 0.1) is 0 Å². The van der Waals surface area contributed by atoms with Gasteiger partial charge in [0.25, 0.3) is 5.91 Å². The number of aromatic nitrogens is 2. The maximum Gasteiger partial charge on any atom is 0.276 e. The molecule has 1 aliphatic carbocycles. The van der Waals surface area contributed by atoms with Crippen molar-refractivity contribution in [3.63, 3.8) is 0 Å². The number of benzene rings is 1. The molecule has 1 aliphatic heterocycles. The van der Waals surface area contributed by atoms with E-state index in [1.807, 2.05) is 12.1 Å². The van der Waals surface area contributed by atoms with Crippen molar-refractivity contribution in [2.75, 3.05) is 36.4 Å². The van der Waals surface area contributed by atoms with E-state index in [0.29, 0.717) is 11.7 Å². The first-order chi connectivity index (χ1) is 13.1. The normalized spacial score (nSPS) is 17.8. The molecule has 6 heteroatoms. The largest absolute Gasteiger partial charge is 0.369 e. The van der Waals surface area contributed by atoms with Gasteiger partial charge >= 0.3 is 0 Å². The number of nitrogens with one attached hydrogen (secondary N) is 2. The maximum absolute atomic E-state index is 12.6. The molecule has 0 spiro atoms. The van der Waals surface area contributed by atoms with Crippen LogP contribution in [0.2, 0.25) is 0 Å². The summed E-state index contributed by atoms with van der Waals surface area (Å²) >= 11 is 0. The zero-order valence-electron chi connectivity index (χ0n) is 16.3. The number of aromatic amines is 1. The van der Waals surface area contributed by atoms with E-state index in [1.54, 1.807) is 0 Å². The number of rotatable bonds is 4. The van der Waals surface area contributed by atoms with Crippen LogP contribution in [-0.2, 0) is 12.8 Å². The molecule has 6 nitrogen and oxygen atoms in total. The summed E-state index contributed by atoms with van der Waals surface area (Å²) in [5.74, 6) is -0.118. The highest BCUT2D eigenvalue weighted by atomic mass is 16.1. The quantitative estimate of drug-likeness (QED) is 0.872. The summed E-state index contributed by atoms with van der Waals surface area (Å²) in [6.45, 7) is 8.79. The molecule has 2 N–H and O–H groups in total. The summed E-state index contributed by atoms with van der Waals surface area (Å²) in [6.07, 6.45) is 4.24.